The van der Waals surface area contributed by atoms with Crippen molar-refractivity contribution in [3.8, 4) is 0 Å². The van der Waals surface area contributed by atoms with Gasteiger partial charge in [0.2, 0.25) is 0 Å². The molecule has 0 aromatic rings. The van der Waals surface area contributed by atoms with Crippen LogP contribution >= 0.6 is 0 Å². The molecular weight excluding hydrogens is 248 g/mol. The average molecular weight is 284 g/mol. The van der Waals surface area contributed by atoms with Gasteiger partial charge >= 0.3 is 0 Å². The summed E-state index contributed by atoms with van der Waals surface area (Å²) in [7, 11) is 0. The van der Waals surface area contributed by atoms with Gasteiger partial charge in [0.1, 0.15) is 0 Å². The van der Waals surface area contributed by atoms with Crippen molar-refractivity contribution in [2.24, 2.45) is 0 Å². The summed E-state index contributed by atoms with van der Waals surface area (Å²) in [5.41, 5.74) is 0. The summed E-state index contributed by atoms with van der Waals surface area (Å²) in [5, 5.41) is 0. The molecule has 120 valence electrons. The van der Waals surface area contributed by atoms with E-state index < -0.39 is 0 Å². The molecule has 0 radical (unpaired) electrons. The third-order valence-corrected chi connectivity index (χ3v) is 4.11. The van der Waals surface area contributed by atoms with Crippen LogP contribution in [0.4, 0.5) is 0 Å². The van der Waals surface area contributed by atoms with Crippen LogP contribution in [0.25, 0.3) is 0 Å². The molecule has 0 aromatic heterocycles. The highest BCUT2D eigenvalue weighted by Crippen LogP contribution is 2.07. The van der Waals surface area contributed by atoms with Gasteiger partial charge in [0.05, 0.1) is 6.10 Å². The Labute approximate surface area is 126 Å². The Kier molecular flexibility index (Phi) is 10.3. The Bertz CT molecular complexity index is 213. The fraction of sp³-hybridized carbons (Fsp3) is 1.00. The summed E-state index contributed by atoms with van der Waals surface area (Å²) < 4.78 is 5.57. The standard InChI is InChI=1S/C17H36N2O/c1-4-5-10-18-12-14-19(15-13-18)11-8-6-7-9-16-20-17(2)3/h17H,4-16H2,1-3H3. The van der Waals surface area contributed by atoms with Crippen molar-refractivity contribution in [3.05, 3.63) is 0 Å². The lowest BCUT2D eigenvalue weighted by Crippen LogP contribution is -2.46. The predicted molar refractivity (Wildman–Crippen MR) is 87.3 cm³/mol. The van der Waals surface area contributed by atoms with Crippen LogP contribution in [0.1, 0.15) is 59.3 Å². The van der Waals surface area contributed by atoms with Gasteiger partial charge in [-0.3, -0.25) is 0 Å². The van der Waals surface area contributed by atoms with E-state index in [0.717, 1.165) is 6.61 Å². The zero-order valence-electron chi connectivity index (χ0n) is 14.1. The van der Waals surface area contributed by atoms with E-state index in [9.17, 15) is 0 Å². The summed E-state index contributed by atoms with van der Waals surface area (Å²) in [6.07, 6.45) is 8.33. The van der Waals surface area contributed by atoms with Gasteiger partial charge in [-0.25, -0.2) is 0 Å². The van der Waals surface area contributed by atoms with Crippen LogP contribution in [0.2, 0.25) is 0 Å². The van der Waals surface area contributed by atoms with Gasteiger partial charge < -0.3 is 14.5 Å². The maximum absolute atomic E-state index is 5.57. The molecule has 1 aliphatic heterocycles. The molecule has 0 aliphatic carbocycles. The van der Waals surface area contributed by atoms with Crippen molar-refractivity contribution in [3.63, 3.8) is 0 Å². The van der Waals surface area contributed by atoms with Gasteiger partial charge in [-0.2, -0.15) is 0 Å². The molecule has 0 saturated carbocycles. The largest absolute Gasteiger partial charge is 0.379 e. The minimum atomic E-state index is 0.388. The van der Waals surface area contributed by atoms with E-state index in [2.05, 4.69) is 30.6 Å². The summed E-state index contributed by atoms with van der Waals surface area (Å²) in [5.74, 6) is 0. The molecule has 0 aromatic carbocycles. The van der Waals surface area contributed by atoms with Crippen LogP contribution in [0.5, 0.6) is 0 Å². The third-order valence-electron chi connectivity index (χ3n) is 4.11. The third kappa shape index (κ3) is 8.93. The molecule has 0 amide bonds. The fourth-order valence-electron chi connectivity index (χ4n) is 2.73. The predicted octanol–water partition coefficient (Wildman–Crippen LogP) is 3.39. The van der Waals surface area contributed by atoms with Crippen LogP contribution in [-0.4, -0.2) is 61.8 Å². The SMILES string of the molecule is CCCCN1CCN(CCCCCCOC(C)C)CC1. The summed E-state index contributed by atoms with van der Waals surface area (Å²) in [4.78, 5) is 5.27. The Morgan fingerprint density at radius 2 is 1.35 bits per heavy atom. The topological polar surface area (TPSA) is 15.7 Å². The fourth-order valence-corrected chi connectivity index (χ4v) is 2.73. The Morgan fingerprint density at radius 1 is 0.800 bits per heavy atom. The first-order valence-electron chi connectivity index (χ1n) is 8.78. The summed E-state index contributed by atoms with van der Waals surface area (Å²) in [6.45, 7) is 15.2. The lowest BCUT2D eigenvalue weighted by atomic mass is 10.2. The van der Waals surface area contributed by atoms with E-state index in [1.165, 1.54) is 77.8 Å². The Hall–Kier alpha value is -0.120. The van der Waals surface area contributed by atoms with E-state index in [-0.39, 0.29) is 0 Å². The van der Waals surface area contributed by atoms with E-state index in [0.29, 0.717) is 6.10 Å². The molecule has 1 saturated heterocycles. The highest BCUT2D eigenvalue weighted by molar-refractivity contribution is 4.71. The monoisotopic (exact) mass is 284 g/mol. The highest BCUT2D eigenvalue weighted by Gasteiger charge is 2.15. The first-order valence-corrected chi connectivity index (χ1v) is 8.78. The van der Waals surface area contributed by atoms with E-state index >= 15 is 0 Å². The lowest BCUT2D eigenvalue weighted by molar-refractivity contribution is 0.0753. The van der Waals surface area contributed by atoms with Crippen LogP contribution < -0.4 is 0 Å². The second kappa shape index (κ2) is 11.5. The highest BCUT2D eigenvalue weighted by atomic mass is 16.5. The Balaban J connectivity index is 1.89. The minimum Gasteiger partial charge on any atom is -0.379 e. The van der Waals surface area contributed by atoms with Crippen molar-refractivity contribution in [2.75, 3.05) is 45.9 Å². The van der Waals surface area contributed by atoms with Gasteiger partial charge in [0, 0.05) is 32.8 Å². The molecular formula is C17H36N2O. The second-order valence-electron chi connectivity index (χ2n) is 6.37. The average Bonchev–Trinajstić information content (AvgIpc) is 2.45. The van der Waals surface area contributed by atoms with Crippen LogP contribution in [0.15, 0.2) is 0 Å². The van der Waals surface area contributed by atoms with Crippen molar-refractivity contribution < 1.29 is 4.74 Å². The zero-order valence-corrected chi connectivity index (χ0v) is 14.1. The van der Waals surface area contributed by atoms with Crippen LogP contribution in [0, 0.1) is 0 Å². The molecule has 0 unspecified atom stereocenters. The molecule has 1 fully saturated rings. The van der Waals surface area contributed by atoms with Gasteiger partial charge in [0.15, 0.2) is 0 Å². The van der Waals surface area contributed by atoms with E-state index in [1.807, 2.05) is 0 Å². The normalized spacial score (nSPS) is 18.0. The first kappa shape index (κ1) is 17.9. The number of hydrogen-bond donors (Lipinski definition) is 0. The number of piperazine rings is 1. The molecule has 1 aliphatic rings. The van der Waals surface area contributed by atoms with E-state index in [1.54, 1.807) is 0 Å². The molecule has 0 atom stereocenters. The van der Waals surface area contributed by atoms with Gasteiger partial charge in [-0.1, -0.05) is 26.2 Å². The summed E-state index contributed by atoms with van der Waals surface area (Å²) in [6, 6.07) is 0. The molecule has 0 spiro atoms. The Morgan fingerprint density at radius 3 is 1.90 bits per heavy atom. The van der Waals surface area contributed by atoms with Crippen molar-refractivity contribution in [2.45, 2.75) is 65.4 Å². The van der Waals surface area contributed by atoms with Crippen LogP contribution in [-0.2, 0) is 4.74 Å². The van der Waals surface area contributed by atoms with Crippen molar-refractivity contribution >= 4 is 0 Å². The molecule has 20 heavy (non-hydrogen) atoms. The minimum absolute atomic E-state index is 0.388. The smallest absolute Gasteiger partial charge is 0.0518 e. The summed E-state index contributed by atoms with van der Waals surface area (Å²) >= 11 is 0. The molecule has 0 bridgehead atoms. The van der Waals surface area contributed by atoms with Crippen LogP contribution in [0.3, 0.4) is 0 Å². The maximum atomic E-state index is 5.57. The number of ether oxygens (including phenoxy) is 1. The number of hydrogen-bond acceptors (Lipinski definition) is 3. The number of rotatable bonds is 11. The second-order valence-corrected chi connectivity index (χ2v) is 6.37. The zero-order chi connectivity index (χ0) is 14.6. The molecule has 1 heterocycles. The first-order chi connectivity index (χ1) is 9.72. The maximum Gasteiger partial charge on any atom is 0.0518 e. The number of unbranched alkanes of at least 4 members (excludes halogenated alkanes) is 4. The molecule has 3 nitrogen and oxygen atoms in total. The lowest BCUT2D eigenvalue weighted by Gasteiger charge is -2.34. The molecule has 1 rings (SSSR count). The van der Waals surface area contributed by atoms with Gasteiger partial charge in [-0.15, -0.1) is 0 Å². The van der Waals surface area contributed by atoms with Gasteiger partial charge in [0.25, 0.3) is 0 Å². The van der Waals surface area contributed by atoms with Gasteiger partial charge in [-0.05, 0) is 46.2 Å². The molecule has 0 N–H and O–H groups in total. The molecule has 3 heteroatoms. The quantitative estimate of drug-likeness (QED) is 0.541. The van der Waals surface area contributed by atoms with Crippen molar-refractivity contribution in [1.29, 1.82) is 0 Å². The van der Waals surface area contributed by atoms with E-state index in [4.69, 9.17) is 4.74 Å². The number of nitrogens with zero attached hydrogens (tertiary/aromatic N) is 2. The van der Waals surface area contributed by atoms with Crippen molar-refractivity contribution in [1.82, 2.24) is 9.80 Å².